The average molecular weight is 350 g/mol. The molecule has 2 amide bonds. The molecule has 0 spiro atoms. The molecule has 0 aromatic heterocycles. The number of anilines is 1. The van der Waals surface area contributed by atoms with Crippen molar-refractivity contribution in [3.8, 4) is 6.07 Å². The molecule has 2 aromatic carbocycles. The number of nitriles is 1. The number of hydrogen-bond acceptors (Lipinski definition) is 4. The first-order valence-corrected chi connectivity index (χ1v) is 8.32. The molecule has 6 heteroatoms. The highest BCUT2D eigenvalue weighted by atomic mass is 16.2. The molecule has 3 N–H and O–H groups in total. The molecule has 0 aliphatic carbocycles. The van der Waals surface area contributed by atoms with Crippen LogP contribution in [0.3, 0.4) is 0 Å². The average Bonchev–Trinajstić information content (AvgIpc) is 2.62. The van der Waals surface area contributed by atoms with Crippen LogP contribution in [0.4, 0.5) is 5.69 Å². The number of rotatable bonds is 7. The number of para-hydroxylation sites is 1. The van der Waals surface area contributed by atoms with Crippen molar-refractivity contribution in [3.63, 3.8) is 0 Å². The Balaban J connectivity index is 2.06. The van der Waals surface area contributed by atoms with Crippen LogP contribution in [0.1, 0.15) is 35.3 Å². The summed E-state index contributed by atoms with van der Waals surface area (Å²) in [7, 11) is 0. The van der Waals surface area contributed by atoms with Crippen molar-refractivity contribution in [1.82, 2.24) is 4.90 Å². The molecule has 2 aromatic rings. The summed E-state index contributed by atoms with van der Waals surface area (Å²) in [5, 5.41) is 11.6. The van der Waals surface area contributed by atoms with Gasteiger partial charge in [-0.05, 0) is 43.7 Å². The molecule has 134 valence electrons. The van der Waals surface area contributed by atoms with E-state index in [2.05, 4.69) is 11.4 Å². The summed E-state index contributed by atoms with van der Waals surface area (Å²) in [6, 6.07) is 16.2. The van der Waals surface area contributed by atoms with Gasteiger partial charge in [-0.1, -0.05) is 24.3 Å². The van der Waals surface area contributed by atoms with Gasteiger partial charge >= 0.3 is 0 Å². The molecule has 0 radical (unpaired) electrons. The van der Waals surface area contributed by atoms with Crippen LogP contribution in [-0.2, 0) is 11.3 Å². The molecule has 2 rings (SSSR count). The van der Waals surface area contributed by atoms with Crippen LogP contribution in [0.25, 0.3) is 0 Å². The number of nitrogens with zero attached hydrogens (tertiary/aromatic N) is 2. The molecule has 26 heavy (non-hydrogen) atoms. The first-order chi connectivity index (χ1) is 12.4. The van der Waals surface area contributed by atoms with Crippen LogP contribution in [0.15, 0.2) is 48.5 Å². The Morgan fingerprint density at radius 2 is 1.81 bits per heavy atom. The van der Waals surface area contributed by atoms with Gasteiger partial charge in [0, 0.05) is 12.6 Å². The maximum atomic E-state index is 12.4. The van der Waals surface area contributed by atoms with E-state index in [9.17, 15) is 9.59 Å². The lowest BCUT2D eigenvalue weighted by Crippen LogP contribution is -2.37. The Morgan fingerprint density at radius 3 is 2.38 bits per heavy atom. The fourth-order valence-corrected chi connectivity index (χ4v) is 2.52. The summed E-state index contributed by atoms with van der Waals surface area (Å²) in [5.74, 6) is -0.805. The highest BCUT2D eigenvalue weighted by Crippen LogP contribution is 2.15. The Morgan fingerprint density at radius 1 is 1.15 bits per heavy atom. The molecule has 0 unspecified atom stereocenters. The number of carbonyl (C=O) groups is 2. The summed E-state index contributed by atoms with van der Waals surface area (Å²) in [6.07, 6.45) is 0. The van der Waals surface area contributed by atoms with Gasteiger partial charge in [-0.2, -0.15) is 5.26 Å². The molecular weight excluding hydrogens is 328 g/mol. The second-order valence-electron chi connectivity index (χ2n) is 6.27. The molecule has 0 saturated heterocycles. The molecule has 0 aliphatic heterocycles. The highest BCUT2D eigenvalue weighted by Gasteiger charge is 2.16. The lowest BCUT2D eigenvalue weighted by Gasteiger charge is -2.26. The molecule has 6 nitrogen and oxygen atoms in total. The number of nitrogens with two attached hydrogens (primary N) is 1. The molecular formula is C20H22N4O2. The van der Waals surface area contributed by atoms with Crippen molar-refractivity contribution in [2.75, 3.05) is 11.9 Å². The Labute approximate surface area is 153 Å². The van der Waals surface area contributed by atoms with Crippen LogP contribution in [-0.4, -0.2) is 29.3 Å². The standard InChI is InChI=1S/C20H22N4O2/c1-14(2)24(12-16-9-7-15(11-21)8-10-16)13-19(25)23-18-6-4-3-5-17(18)20(22)26/h3-10,14H,12-13H2,1-2H3,(H2,22,26)(H,23,25). The summed E-state index contributed by atoms with van der Waals surface area (Å²) in [6.45, 7) is 4.77. The summed E-state index contributed by atoms with van der Waals surface area (Å²) >= 11 is 0. The summed E-state index contributed by atoms with van der Waals surface area (Å²) in [4.78, 5) is 25.9. The zero-order valence-corrected chi connectivity index (χ0v) is 14.9. The van der Waals surface area contributed by atoms with Crippen molar-refractivity contribution in [3.05, 3.63) is 65.2 Å². The van der Waals surface area contributed by atoms with Gasteiger partial charge in [-0.15, -0.1) is 0 Å². The van der Waals surface area contributed by atoms with Gasteiger partial charge in [0.2, 0.25) is 5.91 Å². The monoisotopic (exact) mass is 350 g/mol. The predicted molar refractivity (Wildman–Crippen MR) is 100 cm³/mol. The Bertz CT molecular complexity index is 822. The van der Waals surface area contributed by atoms with E-state index in [1.807, 2.05) is 30.9 Å². The maximum Gasteiger partial charge on any atom is 0.250 e. The maximum absolute atomic E-state index is 12.4. The first kappa shape index (κ1) is 19.2. The second-order valence-corrected chi connectivity index (χ2v) is 6.27. The van der Waals surface area contributed by atoms with Crippen molar-refractivity contribution in [2.45, 2.75) is 26.4 Å². The SMILES string of the molecule is CC(C)N(CC(=O)Nc1ccccc1C(N)=O)Cc1ccc(C#N)cc1. The number of primary amides is 1. The topological polar surface area (TPSA) is 99.2 Å². The Kier molecular flexibility index (Phi) is 6.48. The third-order valence-corrected chi connectivity index (χ3v) is 4.01. The zero-order chi connectivity index (χ0) is 19.1. The van der Waals surface area contributed by atoms with E-state index in [0.717, 1.165) is 5.56 Å². The van der Waals surface area contributed by atoms with Crippen LogP contribution >= 0.6 is 0 Å². The third kappa shape index (κ3) is 5.16. The van der Waals surface area contributed by atoms with Crippen LogP contribution in [0.5, 0.6) is 0 Å². The number of hydrogen-bond donors (Lipinski definition) is 2. The van der Waals surface area contributed by atoms with Gasteiger partial charge in [0.25, 0.3) is 5.91 Å². The summed E-state index contributed by atoms with van der Waals surface area (Å²) in [5.41, 5.74) is 7.65. The fourth-order valence-electron chi connectivity index (χ4n) is 2.52. The molecule has 0 aliphatic rings. The highest BCUT2D eigenvalue weighted by molar-refractivity contribution is 6.03. The molecule has 0 fully saturated rings. The van der Waals surface area contributed by atoms with E-state index in [1.165, 1.54) is 0 Å². The minimum Gasteiger partial charge on any atom is -0.366 e. The van der Waals surface area contributed by atoms with Gasteiger partial charge in [0.15, 0.2) is 0 Å². The van der Waals surface area contributed by atoms with Gasteiger partial charge in [0.05, 0.1) is 29.4 Å². The van der Waals surface area contributed by atoms with Crippen molar-refractivity contribution in [1.29, 1.82) is 5.26 Å². The lowest BCUT2D eigenvalue weighted by molar-refractivity contribution is -0.117. The fraction of sp³-hybridized carbons (Fsp3) is 0.250. The van der Waals surface area contributed by atoms with Gasteiger partial charge in [0.1, 0.15) is 0 Å². The van der Waals surface area contributed by atoms with Crippen LogP contribution in [0, 0.1) is 11.3 Å². The van der Waals surface area contributed by atoms with Gasteiger partial charge in [-0.25, -0.2) is 0 Å². The van der Waals surface area contributed by atoms with E-state index < -0.39 is 5.91 Å². The van der Waals surface area contributed by atoms with E-state index in [-0.39, 0.29) is 24.1 Å². The second kappa shape index (κ2) is 8.79. The van der Waals surface area contributed by atoms with E-state index in [0.29, 0.717) is 17.8 Å². The smallest absolute Gasteiger partial charge is 0.250 e. The van der Waals surface area contributed by atoms with Crippen molar-refractivity contribution in [2.24, 2.45) is 5.73 Å². The summed E-state index contributed by atoms with van der Waals surface area (Å²) < 4.78 is 0. The lowest BCUT2D eigenvalue weighted by atomic mass is 10.1. The Hall–Kier alpha value is -3.17. The molecule has 0 heterocycles. The minimum atomic E-state index is -0.584. The first-order valence-electron chi connectivity index (χ1n) is 8.32. The molecule has 0 saturated carbocycles. The minimum absolute atomic E-state index is 0.141. The predicted octanol–water partition coefficient (Wildman–Crippen LogP) is 2.51. The van der Waals surface area contributed by atoms with Crippen molar-refractivity contribution < 1.29 is 9.59 Å². The van der Waals surface area contributed by atoms with Gasteiger partial charge in [-0.3, -0.25) is 14.5 Å². The van der Waals surface area contributed by atoms with Crippen molar-refractivity contribution >= 4 is 17.5 Å². The number of carbonyl (C=O) groups excluding carboxylic acids is 2. The number of nitrogens with one attached hydrogen (secondary N) is 1. The van der Waals surface area contributed by atoms with Crippen LogP contribution in [0.2, 0.25) is 0 Å². The van der Waals surface area contributed by atoms with E-state index in [4.69, 9.17) is 11.0 Å². The molecule has 0 bridgehead atoms. The van der Waals surface area contributed by atoms with Gasteiger partial charge < -0.3 is 11.1 Å². The number of benzene rings is 2. The normalized spacial score (nSPS) is 10.6. The quantitative estimate of drug-likeness (QED) is 0.801. The number of amides is 2. The van der Waals surface area contributed by atoms with Crippen LogP contribution < -0.4 is 11.1 Å². The third-order valence-electron chi connectivity index (χ3n) is 4.01. The van der Waals surface area contributed by atoms with E-state index in [1.54, 1.807) is 36.4 Å². The van der Waals surface area contributed by atoms with E-state index >= 15 is 0 Å². The zero-order valence-electron chi connectivity index (χ0n) is 14.9. The largest absolute Gasteiger partial charge is 0.366 e. The molecule has 0 atom stereocenters.